The summed E-state index contributed by atoms with van der Waals surface area (Å²) in [5.41, 5.74) is 5.06. The van der Waals surface area contributed by atoms with Gasteiger partial charge in [-0.05, 0) is 37.6 Å². The molecule has 0 aliphatic carbocycles. The molecule has 2 heterocycles. The predicted molar refractivity (Wildman–Crippen MR) is 99.4 cm³/mol. The number of pyridine rings is 1. The van der Waals surface area contributed by atoms with Crippen molar-refractivity contribution in [1.29, 1.82) is 0 Å². The average molecular weight is 384 g/mol. The van der Waals surface area contributed by atoms with Crippen LogP contribution in [0, 0.1) is 12.4 Å². The van der Waals surface area contributed by atoms with Crippen molar-refractivity contribution in [3.05, 3.63) is 70.6 Å². The van der Waals surface area contributed by atoms with Gasteiger partial charge in [-0.25, -0.2) is 18.6 Å². The summed E-state index contributed by atoms with van der Waals surface area (Å²) in [6, 6.07) is 6.80. The Balaban J connectivity index is 1.92. The molecule has 2 aromatic rings. The van der Waals surface area contributed by atoms with Gasteiger partial charge in [-0.2, -0.15) is 0 Å². The van der Waals surface area contributed by atoms with E-state index in [-0.39, 0.29) is 29.5 Å². The molecule has 6 nitrogen and oxygen atoms in total. The fourth-order valence-electron chi connectivity index (χ4n) is 3.20. The van der Waals surface area contributed by atoms with Gasteiger partial charge in [0.2, 0.25) is 5.69 Å². The van der Waals surface area contributed by atoms with Crippen LogP contribution in [0.25, 0.3) is 4.85 Å². The lowest BCUT2D eigenvalue weighted by atomic mass is 9.83. The molecule has 1 aliphatic rings. The highest BCUT2D eigenvalue weighted by molar-refractivity contribution is 5.96. The maximum Gasteiger partial charge on any atom is 0.283 e. The summed E-state index contributed by atoms with van der Waals surface area (Å²) in [4.78, 5) is 23.7. The van der Waals surface area contributed by atoms with E-state index in [9.17, 15) is 13.6 Å². The van der Waals surface area contributed by atoms with Crippen LogP contribution in [0.15, 0.2) is 41.5 Å². The molecule has 1 aliphatic heterocycles. The number of carbonyl (C=O) groups excluding carboxylic acids is 1. The van der Waals surface area contributed by atoms with Crippen LogP contribution in [-0.2, 0) is 16.7 Å². The lowest BCUT2D eigenvalue weighted by Crippen LogP contribution is -2.48. The first kappa shape index (κ1) is 19.4. The number of benzene rings is 1. The molecule has 1 aromatic heterocycles. The van der Waals surface area contributed by atoms with Gasteiger partial charge in [-0.3, -0.25) is 9.78 Å². The highest BCUT2D eigenvalue weighted by atomic mass is 19.1. The van der Waals surface area contributed by atoms with Gasteiger partial charge in [0.15, 0.2) is 12.0 Å². The second kappa shape index (κ2) is 7.35. The fourth-order valence-corrected chi connectivity index (χ4v) is 3.20. The van der Waals surface area contributed by atoms with Crippen LogP contribution in [0.3, 0.4) is 0 Å². The number of ether oxygens (including phenoxy) is 1. The van der Waals surface area contributed by atoms with E-state index in [1.165, 1.54) is 50.4 Å². The molecule has 2 N–H and O–H groups in total. The highest BCUT2D eigenvalue weighted by Gasteiger charge is 2.46. The van der Waals surface area contributed by atoms with Crippen molar-refractivity contribution in [3.8, 4) is 0 Å². The molecule has 3 atom stereocenters. The Morgan fingerprint density at radius 1 is 1.39 bits per heavy atom. The number of aliphatic imine (C=N–C) groups is 1. The van der Waals surface area contributed by atoms with Crippen molar-refractivity contribution in [1.82, 2.24) is 4.98 Å². The number of rotatable bonds is 4. The molecule has 3 rings (SSSR count). The summed E-state index contributed by atoms with van der Waals surface area (Å²) in [6.45, 7) is 9.85. The molecule has 0 amide bonds. The van der Waals surface area contributed by atoms with Gasteiger partial charge in [0, 0.05) is 18.2 Å². The summed E-state index contributed by atoms with van der Waals surface area (Å²) in [6.07, 6.45) is -1.26. The van der Waals surface area contributed by atoms with Crippen LogP contribution in [-0.4, -0.2) is 29.1 Å². The predicted octanol–water partition coefficient (Wildman–Crippen LogP) is 3.48. The van der Waals surface area contributed by atoms with E-state index in [0.29, 0.717) is 11.3 Å². The Bertz CT molecular complexity index is 985. The monoisotopic (exact) mass is 384 g/mol. The number of hydrogen-bond donors (Lipinski definition) is 1. The van der Waals surface area contributed by atoms with Gasteiger partial charge in [0.25, 0.3) is 6.02 Å². The van der Waals surface area contributed by atoms with Crippen LogP contribution < -0.4 is 5.73 Å². The number of amidine groups is 1. The Morgan fingerprint density at radius 3 is 2.79 bits per heavy atom. The van der Waals surface area contributed by atoms with Crippen molar-refractivity contribution in [3.63, 3.8) is 0 Å². The molecule has 0 bridgehead atoms. The van der Waals surface area contributed by atoms with Gasteiger partial charge in [0.05, 0.1) is 6.57 Å². The third kappa shape index (κ3) is 3.56. The molecule has 0 saturated heterocycles. The molecular weight excluding hydrogens is 366 g/mol. The first-order chi connectivity index (χ1) is 13.2. The minimum absolute atomic E-state index is 0.000266. The van der Waals surface area contributed by atoms with Crippen LogP contribution in [0.4, 0.5) is 14.5 Å². The summed E-state index contributed by atoms with van der Waals surface area (Å²) in [5, 5.41) is 0. The summed E-state index contributed by atoms with van der Waals surface area (Å²) in [7, 11) is 0. The van der Waals surface area contributed by atoms with Crippen LogP contribution in [0.1, 0.15) is 35.5 Å². The smallest absolute Gasteiger partial charge is 0.283 e. The lowest BCUT2D eigenvalue weighted by Gasteiger charge is -2.37. The molecule has 0 saturated carbocycles. The minimum Gasteiger partial charge on any atom is -0.459 e. The Kier molecular flexibility index (Phi) is 5.10. The fraction of sp³-hybridized carbons (Fsp3) is 0.300. The lowest BCUT2D eigenvalue weighted by molar-refractivity contribution is 0.0298. The van der Waals surface area contributed by atoms with Crippen molar-refractivity contribution < 1.29 is 18.3 Å². The first-order valence-corrected chi connectivity index (χ1v) is 8.56. The zero-order valence-corrected chi connectivity index (χ0v) is 15.3. The van der Waals surface area contributed by atoms with Crippen molar-refractivity contribution >= 4 is 17.5 Å². The Morgan fingerprint density at radius 2 is 2.14 bits per heavy atom. The first-order valence-electron chi connectivity index (χ1n) is 8.56. The number of nitrogens with zero attached hydrogens (tertiary/aromatic N) is 3. The van der Waals surface area contributed by atoms with Gasteiger partial charge in [0.1, 0.15) is 23.2 Å². The second-order valence-corrected chi connectivity index (χ2v) is 6.75. The molecule has 0 unspecified atom stereocenters. The van der Waals surface area contributed by atoms with E-state index in [1.807, 2.05) is 0 Å². The standard InChI is InChI=1S/C20H18F2N4O2/c1-11-18(22)20(2,26-19(23)28-11)14-8-12(4-6-15(14)21)9-17(27)16-7-5-13(24-3)10-25-16/h4-8,10-11,18H,9H2,1-2H3,(H2,23,26)/t11-,18+,20-/m1/s1. The number of Topliss-reactive ketones (excluding diaryl/α,β-unsaturated/α-hetero) is 1. The van der Waals surface area contributed by atoms with E-state index >= 15 is 0 Å². The van der Waals surface area contributed by atoms with E-state index < -0.39 is 23.6 Å². The van der Waals surface area contributed by atoms with Crippen molar-refractivity contribution in [2.24, 2.45) is 10.7 Å². The number of aromatic nitrogens is 1. The van der Waals surface area contributed by atoms with Crippen LogP contribution >= 0.6 is 0 Å². The van der Waals surface area contributed by atoms with Crippen LogP contribution in [0.2, 0.25) is 0 Å². The zero-order chi connectivity index (χ0) is 20.5. The number of hydrogen-bond acceptors (Lipinski definition) is 5. The topological polar surface area (TPSA) is 81.9 Å². The quantitative estimate of drug-likeness (QED) is 0.646. The van der Waals surface area contributed by atoms with E-state index in [2.05, 4.69) is 14.8 Å². The molecule has 1 aromatic carbocycles. The third-order valence-corrected chi connectivity index (χ3v) is 4.70. The average Bonchev–Trinajstić information content (AvgIpc) is 2.67. The molecular formula is C20H18F2N4O2. The Hall–Kier alpha value is -3.34. The van der Waals surface area contributed by atoms with Gasteiger partial charge < -0.3 is 10.5 Å². The zero-order valence-electron chi connectivity index (χ0n) is 15.3. The normalized spacial score (nSPS) is 24.0. The number of halogens is 2. The number of nitrogens with two attached hydrogens (primary N) is 1. The summed E-state index contributed by atoms with van der Waals surface area (Å²) < 4.78 is 34.4. The van der Waals surface area contributed by atoms with E-state index in [4.69, 9.17) is 17.0 Å². The van der Waals surface area contributed by atoms with E-state index in [0.717, 1.165) is 0 Å². The third-order valence-electron chi connectivity index (χ3n) is 4.70. The molecule has 8 heteroatoms. The van der Waals surface area contributed by atoms with Crippen molar-refractivity contribution in [2.75, 3.05) is 0 Å². The molecule has 28 heavy (non-hydrogen) atoms. The number of carbonyl (C=O) groups is 1. The molecule has 0 spiro atoms. The van der Waals surface area contributed by atoms with E-state index in [1.54, 1.807) is 0 Å². The minimum atomic E-state index is -1.62. The summed E-state index contributed by atoms with van der Waals surface area (Å²) >= 11 is 0. The van der Waals surface area contributed by atoms with Crippen molar-refractivity contribution in [2.45, 2.75) is 38.1 Å². The summed E-state index contributed by atoms with van der Waals surface area (Å²) in [5.74, 6) is -0.953. The number of ketones is 1. The van der Waals surface area contributed by atoms with Crippen LogP contribution in [0.5, 0.6) is 0 Å². The maximum absolute atomic E-state index is 14.8. The second-order valence-electron chi connectivity index (χ2n) is 6.75. The largest absolute Gasteiger partial charge is 0.459 e. The SMILES string of the molecule is [C-]#[N+]c1ccc(C(=O)Cc2ccc(F)c([C@@]3(C)N=C(N)O[C@H](C)[C@@H]3F)c2)nc1. The van der Waals surface area contributed by atoms with Gasteiger partial charge >= 0.3 is 0 Å². The molecule has 0 radical (unpaired) electrons. The molecule has 144 valence electrons. The Labute approximate surface area is 160 Å². The number of alkyl halides is 1. The van der Waals surface area contributed by atoms with Gasteiger partial charge in [-0.1, -0.05) is 12.1 Å². The molecule has 0 fully saturated rings. The van der Waals surface area contributed by atoms with Gasteiger partial charge in [-0.15, -0.1) is 0 Å². The highest BCUT2D eigenvalue weighted by Crippen LogP contribution is 2.38. The maximum atomic E-state index is 14.8.